The second-order valence-corrected chi connectivity index (χ2v) is 8.69. The number of halogens is 1. The Labute approximate surface area is 193 Å². The van der Waals surface area contributed by atoms with Crippen LogP contribution in [0.25, 0.3) is 10.4 Å². The Kier molecular flexibility index (Phi) is 7.45. The number of thiazole rings is 1. The van der Waals surface area contributed by atoms with Gasteiger partial charge in [0, 0.05) is 22.6 Å². The summed E-state index contributed by atoms with van der Waals surface area (Å²) in [5.74, 6) is -1.87. The molecular formula is C22H21ClN4O4S. The largest absolute Gasteiger partial charge is 0.480 e. The Hall–Kier alpha value is -3.43. The number of carbonyl (C=O) groups excluding carboxylic acids is 2. The average Bonchev–Trinajstić information content (AvgIpc) is 3.24. The molecule has 4 N–H and O–H groups in total. The number of aliphatic carboxylic acids is 1. The number of rotatable bonds is 7. The van der Waals surface area contributed by atoms with Crippen molar-refractivity contribution in [2.45, 2.75) is 19.9 Å². The lowest BCUT2D eigenvalue weighted by Crippen LogP contribution is -2.44. The number of carboxylic acids is 1. The van der Waals surface area contributed by atoms with Crippen molar-refractivity contribution in [1.82, 2.24) is 10.3 Å². The van der Waals surface area contributed by atoms with Crippen molar-refractivity contribution in [2.24, 2.45) is 5.92 Å². The summed E-state index contributed by atoms with van der Waals surface area (Å²) >= 11 is 6.99. The average molecular weight is 473 g/mol. The first-order valence-corrected chi connectivity index (χ1v) is 10.9. The molecule has 0 aliphatic rings. The second kappa shape index (κ2) is 10.3. The molecule has 1 aromatic heterocycles. The number of carbonyl (C=O) groups is 3. The van der Waals surface area contributed by atoms with E-state index in [-0.39, 0.29) is 10.9 Å². The summed E-state index contributed by atoms with van der Waals surface area (Å²) in [5.41, 5.74) is 2.01. The van der Waals surface area contributed by atoms with Crippen LogP contribution >= 0.6 is 22.9 Å². The molecule has 0 spiro atoms. The molecule has 0 saturated heterocycles. The zero-order chi connectivity index (χ0) is 23.3. The molecular weight excluding hydrogens is 452 g/mol. The Morgan fingerprint density at radius 2 is 1.53 bits per heavy atom. The van der Waals surface area contributed by atoms with Gasteiger partial charge in [-0.3, -0.25) is 4.79 Å². The molecule has 3 amide bonds. The van der Waals surface area contributed by atoms with Gasteiger partial charge in [-0.05, 0) is 47.9 Å². The van der Waals surface area contributed by atoms with Gasteiger partial charge in [0.25, 0.3) is 5.91 Å². The molecule has 3 aromatic rings. The minimum absolute atomic E-state index is 0.177. The van der Waals surface area contributed by atoms with Crippen molar-refractivity contribution in [1.29, 1.82) is 0 Å². The van der Waals surface area contributed by atoms with Gasteiger partial charge in [-0.2, -0.15) is 0 Å². The quantitative estimate of drug-likeness (QED) is 0.388. The van der Waals surface area contributed by atoms with Crippen LogP contribution in [0.15, 0.2) is 54.7 Å². The van der Waals surface area contributed by atoms with Crippen LogP contribution < -0.4 is 16.0 Å². The molecule has 0 unspecified atom stereocenters. The van der Waals surface area contributed by atoms with Crippen molar-refractivity contribution >= 4 is 52.2 Å². The molecule has 3 rings (SSSR count). The molecule has 0 fully saturated rings. The molecule has 1 heterocycles. The highest BCUT2D eigenvalue weighted by Gasteiger charge is 2.25. The van der Waals surface area contributed by atoms with Crippen molar-refractivity contribution in [3.05, 3.63) is 64.8 Å². The van der Waals surface area contributed by atoms with Gasteiger partial charge in [0.15, 0.2) is 5.01 Å². The Morgan fingerprint density at radius 1 is 0.969 bits per heavy atom. The third-order valence-corrected chi connectivity index (χ3v) is 5.75. The van der Waals surface area contributed by atoms with E-state index < -0.39 is 23.9 Å². The van der Waals surface area contributed by atoms with Crippen LogP contribution in [-0.2, 0) is 4.79 Å². The summed E-state index contributed by atoms with van der Waals surface area (Å²) in [6.07, 6.45) is 1.56. The first-order chi connectivity index (χ1) is 15.2. The van der Waals surface area contributed by atoms with E-state index >= 15 is 0 Å². The monoisotopic (exact) mass is 472 g/mol. The predicted molar refractivity (Wildman–Crippen MR) is 125 cm³/mol. The van der Waals surface area contributed by atoms with Gasteiger partial charge in [-0.25, -0.2) is 14.6 Å². The Balaban J connectivity index is 1.62. The van der Waals surface area contributed by atoms with E-state index in [0.717, 1.165) is 21.8 Å². The lowest BCUT2D eigenvalue weighted by Gasteiger charge is -2.16. The molecule has 2 aromatic carbocycles. The number of hydrogen-bond donors (Lipinski definition) is 4. The Morgan fingerprint density at radius 3 is 2.06 bits per heavy atom. The van der Waals surface area contributed by atoms with Crippen LogP contribution in [0.2, 0.25) is 5.02 Å². The topological polar surface area (TPSA) is 120 Å². The van der Waals surface area contributed by atoms with Gasteiger partial charge in [-0.1, -0.05) is 37.6 Å². The number of aromatic nitrogens is 1. The highest BCUT2D eigenvalue weighted by molar-refractivity contribution is 7.17. The lowest BCUT2D eigenvalue weighted by molar-refractivity contribution is -0.140. The zero-order valence-electron chi connectivity index (χ0n) is 17.3. The number of hydrogen-bond acceptors (Lipinski definition) is 5. The molecule has 8 nitrogen and oxygen atoms in total. The molecule has 0 aliphatic heterocycles. The summed E-state index contributed by atoms with van der Waals surface area (Å²) in [5, 5.41) is 17.9. The van der Waals surface area contributed by atoms with Crippen LogP contribution in [0.1, 0.15) is 23.6 Å². The normalized spacial score (nSPS) is 11.6. The summed E-state index contributed by atoms with van der Waals surface area (Å²) < 4.78 is 0. The van der Waals surface area contributed by atoms with Gasteiger partial charge in [0.2, 0.25) is 0 Å². The second-order valence-electron chi connectivity index (χ2n) is 7.23. The zero-order valence-corrected chi connectivity index (χ0v) is 18.8. The highest BCUT2D eigenvalue weighted by atomic mass is 35.5. The van der Waals surface area contributed by atoms with E-state index in [1.165, 1.54) is 0 Å². The van der Waals surface area contributed by atoms with Crippen molar-refractivity contribution < 1.29 is 19.5 Å². The van der Waals surface area contributed by atoms with Crippen LogP contribution in [-0.4, -0.2) is 34.0 Å². The van der Waals surface area contributed by atoms with Crippen molar-refractivity contribution in [3.63, 3.8) is 0 Å². The van der Waals surface area contributed by atoms with E-state index in [4.69, 9.17) is 11.6 Å². The number of nitrogens with one attached hydrogen (secondary N) is 3. The van der Waals surface area contributed by atoms with E-state index in [0.29, 0.717) is 16.4 Å². The van der Waals surface area contributed by atoms with Crippen LogP contribution in [0.5, 0.6) is 0 Å². The van der Waals surface area contributed by atoms with E-state index in [1.807, 2.05) is 0 Å². The SMILES string of the molecule is CC(C)[C@H](NC(=O)c1ncc(-c2ccc(NC(=O)Nc3ccc(Cl)cc3)cc2)s1)C(=O)O. The summed E-state index contributed by atoms with van der Waals surface area (Å²) in [4.78, 5) is 40.6. The number of anilines is 2. The fourth-order valence-electron chi connectivity index (χ4n) is 2.77. The minimum Gasteiger partial charge on any atom is -0.480 e. The minimum atomic E-state index is -1.09. The third-order valence-electron chi connectivity index (χ3n) is 4.45. The molecule has 0 radical (unpaired) electrons. The van der Waals surface area contributed by atoms with Crippen LogP contribution in [0.4, 0.5) is 16.2 Å². The molecule has 32 heavy (non-hydrogen) atoms. The number of carboxylic acid groups (broad SMARTS) is 1. The van der Waals surface area contributed by atoms with E-state index in [2.05, 4.69) is 20.9 Å². The maximum Gasteiger partial charge on any atom is 0.326 e. The molecule has 1 atom stereocenters. The van der Waals surface area contributed by atoms with Gasteiger partial charge >= 0.3 is 12.0 Å². The predicted octanol–water partition coefficient (Wildman–Crippen LogP) is 4.95. The molecule has 166 valence electrons. The van der Waals surface area contributed by atoms with Gasteiger partial charge in [-0.15, -0.1) is 11.3 Å². The lowest BCUT2D eigenvalue weighted by atomic mass is 10.1. The fourth-order valence-corrected chi connectivity index (χ4v) is 3.72. The van der Waals surface area contributed by atoms with Gasteiger partial charge in [0.1, 0.15) is 6.04 Å². The van der Waals surface area contributed by atoms with E-state index in [9.17, 15) is 19.5 Å². The molecule has 0 saturated carbocycles. The Bertz CT molecular complexity index is 1110. The van der Waals surface area contributed by atoms with Gasteiger partial charge in [0.05, 0.1) is 4.88 Å². The first kappa shape index (κ1) is 23.2. The smallest absolute Gasteiger partial charge is 0.326 e. The van der Waals surface area contributed by atoms with Crippen molar-refractivity contribution in [2.75, 3.05) is 10.6 Å². The maximum atomic E-state index is 12.4. The number of nitrogens with zero attached hydrogens (tertiary/aromatic N) is 1. The number of benzene rings is 2. The number of amides is 3. The maximum absolute atomic E-state index is 12.4. The summed E-state index contributed by atoms with van der Waals surface area (Å²) in [6, 6.07) is 12.4. The highest BCUT2D eigenvalue weighted by Crippen LogP contribution is 2.27. The molecule has 0 bridgehead atoms. The first-order valence-electron chi connectivity index (χ1n) is 9.66. The van der Waals surface area contributed by atoms with Crippen LogP contribution in [0.3, 0.4) is 0 Å². The van der Waals surface area contributed by atoms with Crippen LogP contribution in [0, 0.1) is 5.92 Å². The number of urea groups is 1. The molecule has 0 aliphatic carbocycles. The summed E-state index contributed by atoms with van der Waals surface area (Å²) in [6.45, 7) is 3.44. The third kappa shape index (κ3) is 6.05. The van der Waals surface area contributed by atoms with Gasteiger partial charge < -0.3 is 21.1 Å². The van der Waals surface area contributed by atoms with E-state index in [1.54, 1.807) is 68.6 Å². The molecule has 10 heteroatoms. The van der Waals surface area contributed by atoms with Crippen molar-refractivity contribution in [3.8, 4) is 10.4 Å². The standard InChI is InChI=1S/C22H21ClN4O4S/c1-12(2)18(21(29)30)27-19(28)20-24-11-17(32-20)13-3-7-15(8-4-13)25-22(31)26-16-9-5-14(23)6-10-16/h3-12,18H,1-2H3,(H,27,28)(H,29,30)(H2,25,26,31)/t18-/m0/s1. The fraction of sp³-hybridized carbons (Fsp3) is 0.182. The summed E-state index contributed by atoms with van der Waals surface area (Å²) in [7, 11) is 0.